The summed E-state index contributed by atoms with van der Waals surface area (Å²) in [5.74, 6) is -0.337. The van der Waals surface area contributed by atoms with Crippen LogP contribution in [0.15, 0.2) is 59.5 Å². The Bertz CT molecular complexity index is 840. The Morgan fingerprint density at radius 3 is 2.16 bits per heavy atom. The van der Waals surface area contributed by atoms with Crippen LogP contribution in [0.2, 0.25) is 0 Å². The summed E-state index contributed by atoms with van der Waals surface area (Å²) in [6.45, 7) is 5.32. The molecule has 5 nitrogen and oxygen atoms in total. The lowest BCUT2D eigenvalue weighted by atomic mass is 10.1. The Morgan fingerprint density at radius 2 is 1.56 bits per heavy atom. The first-order valence-electron chi connectivity index (χ1n) is 8.03. The number of benzene rings is 2. The van der Waals surface area contributed by atoms with E-state index in [2.05, 4.69) is 5.32 Å². The predicted octanol–water partition coefficient (Wildman–Crippen LogP) is 2.89. The number of hydrogen-bond donors (Lipinski definition) is 1. The molecule has 0 spiro atoms. The van der Waals surface area contributed by atoms with Crippen LogP contribution in [0, 0.1) is 0 Å². The Morgan fingerprint density at radius 1 is 1.00 bits per heavy atom. The van der Waals surface area contributed by atoms with Crippen LogP contribution in [-0.4, -0.2) is 37.8 Å². The molecule has 0 heterocycles. The van der Waals surface area contributed by atoms with E-state index in [-0.39, 0.29) is 17.3 Å². The number of hydrogen-bond acceptors (Lipinski definition) is 3. The number of carbonyl (C=O) groups excluding carboxylic acids is 1. The second kappa shape index (κ2) is 7.37. The molecule has 1 amide bonds. The van der Waals surface area contributed by atoms with E-state index >= 15 is 0 Å². The Kier molecular flexibility index (Phi) is 5.65. The van der Waals surface area contributed by atoms with Crippen molar-refractivity contribution in [3.05, 3.63) is 54.6 Å². The highest BCUT2D eigenvalue weighted by molar-refractivity contribution is 7.89. The normalized spacial score (nSPS) is 12.2. The number of likely N-dealkylation sites (N-methyl/N-ethyl adjacent to an activating group) is 1. The molecule has 0 atom stereocenters. The molecule has 0 aromatic heterocycles. The lowest BCUT2D eigenvalue weighted by Gasteiger charge is -2.23. The second-order valence-electron chi connectivity index (χ2n) is 6.92. The van der Waals surface area contributed by atoms with Crippen LogP contribution >= 0.6 is 0 Å². The van der Waals surface area contributed by atoms with Crippen LogP contribution in [0.5, 0.6) is 0 Å². The van der Waals surface area contributed by atoms with E-state index in [4.69, 9.17) is 0 Å². The van der Waals surface area contributed by atoms with Crippen LogP contribution < -0.4 is 5.32 Å². The molecule has 134 valence electrons. The van der Waals surface area contributed by atoms with E-state index in [0.717, 1.165) is 9.87 Å². The van der Waals surface area contributed by atoms with Gasteiger partial charge in [-0.15, -0.1) is 0 Å². The molecule has 2 aromatic carbocycles. The van der Waals surface area contributed by atoms with Crippen molar-refractivity contribution < 1.29 is 13.2 Å². The van der Waals surface area contributed by atoms with Crippen molar-refractivity contribution in [2.24, 2.45) is 0 Å². The van der Waals surface area contributed by atoms with Crippen LogP contribution in [0.1, 0.15) is 20.8 Å². The molecule has 6 heteroatoms. The maximum absolute atomic E-state index is 13.0. The van der Waals surface area contributed by atoms with Gasteiger partial charge in [0.25, 0.3) is 0 Å². The number of nitrogens with one attached hydrogen (secondary N) is 1. The maximum Gasteiger partial charge on any atom is 0.243 e. The van der Waals surface area contributed by atoms with Gasteiger partial charge in [-0.2, -0.15) is 4.31 Å². The van der Waals surface area contributed by atoms with Crippen molar-refractivity contribution >= 4 is 15.9 Å². The third-order valence-corrected chi connectivity index (χ3v) is 5.40. The minimum Gasteiger partial charge on any atom is -0.350 e. The highest BCUT2D eigenvalue weighted by Crippen LogP contribution is 2.28. The van der Waals surface area contributed by atoms with Gasteiger partial charge in [0, 0.05) is 18.2 Å². The zero-order valence-corrected chi connectivity index (χ0v) is 15.8. The van der Waals surface area contributed by atoms with Gasteiger partial charge < -0.3 is 5.32 Å². The average molecular weight is 360 g/mol. The summed E-state index contributed by atoms with van der Waals surface area (Å²) in [6, 6.07) is 16.1. The molecule has 2 aromatic rings. The van der Waals surface area contributed by atoms with Gasteiger partial charge in [0.1, 0.15) is 0 Å². The molecule has 0 bridgehead atoms. The van der Waals surface area contributed by atoms with E-state index in [9.17, 15) is 13.2 Å². The van der Waals surface area contributed by atoms with Crippen LogP contribution in [0.4, 0.5) is 0 Å². The van der Waals surface area contributed by atoms with Crippen molar-refractivity contribution in [3.8, 4) is 11.1 Å². The van der Waals surface area contributed by atoms with Gasteiger partial charge in [-0.1, -0.05) is 48.5 Å². The summed E-state index contributed by atoms with van der Waals surface area (Å²) >= 11 is 0. The summed E-state index contributed by atoms with van der Waals surface area (Å²) < 4.78 is 27.0. The zero-order valence-electron chi connectivity index (χ0n) is 15.0. The molecule has 0 unspecified atom stereocenters. The number of rotatable bonds is 5. The van der Waals surface area contributed by atoms with Crippen molar-refractivity contribution in [1.82, 2.24) is 9.62 Å². The lowest BCUT2D eigenvalue weighted by Crippen LogP contribution is -2.46. The SMILES string of the molecule is CN(CC(=O)NC(C)(C)C)S(=O)(=O)c1ccccc1-c1ccccc1. The van der Waals surface area contributed by atoms with Gasteiger partial charge in [0.15, 0.2) is 0 Å². The highest BCUT2D eigenvalue weighted by atomic mass is 32.2. The Labute approximate surface area is 149 Å². The molecule has 0 aliphatic rings. The fourth-order valence-electron chi connectivity index (χ4n) is 2.46. The van der Waals surface area contributed by atoms with E-state index in [1.807, 2.05) is 51.1 Å². The molecule has 0 saturated heterocycles. The number of amides is 1. The molecule has 0 fully saturated rings. The quantitative estimate of drug-likeness (QED) is 0.891. The topological polar surface area (TPSA) is 66.5 Å². The van der Waals surface area contributed by atoms with Gasteiger partial charge in [0.2, 0.25) is 15.9 Å². The van der Waals surface area contributed by atoms with Gasteiger partial charge in [-0.05, 0) is 32.4 Å². The predicted molar refractivity (Wildman–Crippen MR) is 99.6 cm³/mol. The largest absolute Gasteiger partial charge is 0.350 e. The Balaban J connectivity index is 2.33. The maximum atomic E-state index is 13.0. The molecule has 0 radical (unpaired) electrons. The third-order valence-electron chi connectivity index (χ3n) is 3.54. The molecule has 0 aliphatic heterocycles. The number of nitrogens with zero attached hydrogens (tertiary/aromatic N) is 1. The molecule has 1 N–H and O–H groups in total. The number of carbonyl (C=O) groups is 1. The molecule has 2 rings (SSSR count). The van der Waals surface area contributed by atoms with E-state index < -0.39 is 15.6 Å². The molecular weight excluding hydrogens is 336 g/mol. The van der Waals surface area contributed by atoms with E-state index in [1.54, 1.807) is 24.3 Å². The summed E-state index contributed by atoms with van der Waals surface area (Å²) in [7, 11) is -2.38. The standard InChI is InChI=1S/C19H24N2O3S/c1-19(2,3)20-18(22)14-21(4)25(23,24)17-13-9-8-12-16(17)15-10-6-5-7-11-15/h5-13H,14H2,1-4H3,(H,20,22). The Hall–Kier alpha value is -2.18. The van der Waals surface area contributed by atoms with Crippen molar-refractivity contribution in [1.29, 1.82) is 0 Å². The first kappa shape index (κ1) is 19.1. The van der Waals surface area contributed by atoms with Gasteiger partial charge >= 0.3 is 0 Å². The fraction of sp³-hybridized carbons (Fsp3) is 0.316. The van der Waals surface area contributed by atoms with Crippen molar-refractivity contribution in [2.75, 3.05) is 13.6 Å². The summed E-state index contributed by atoms with van der Waals surface area (Å²) in [5.41, 5.74) is 1.02. The third kappa shape index (κ3) is 4.90. The minimum absolute atomic E-state index is 0.187. The summed E-state index contributed by atoms with van der Waals surface area (Å²) in [6.07, 6.45) is 0. The van der Waals surface area contributed by atoms with Gasteiger partial charge in [0.05, 0.1) is 11.4 Å². The second-order valence-corrected chi connectivity index (χ2v) is 8.93. The summed E-state index contributed by atoms with van der Waals surface area (Å²) in [4.78, 5) is 12.3. The lowest BCUT2D eigenvalue weighted by molar-refractivity contribution is -0.122. The van der Waals surface area contributed by atoms with E-state index in [0.29, 0.717) is 5.56 Å². The average Bonchev–Trinajstić information content (AvgIpc) is 2.53. The smallest absolute Gasteiger partial charge is 0.243 e. The van der Waals surface area contributed by atoms with Crippen LogP contribution in [0.25, 0.3) is 11.1 Å². The van der Waals surface area contributed by atoms with Crippen LogP contribution in [0.3, 0.4) is 0 Å². The molecular formula is C19H24N2O3S. The first-order valence-corrected chi connectivity index (χ1v) is 9.47. The monoisotopic (exact) mass is 360 g/mol. The van der Waals surface area contributed by atoms with E-state index in [1.165, 1.54) is 7.05 Å². The van der Waals surface area contributed by atoms with Crippen LogP contribution in [-0.2, 0) is 14.8 Å². The van der Waals surface area contributed by atoms with Crippen molar-refractivity contribution in [2.45, 2.75) is 31.2 Å². The number of sulfonamides is 1. The molecule has 25 heavy (non-hydrogen) atoms. The van der Waals surface area contributed by atoms with Gasteiger partial charge in [-0.25, -0.2) is 8.42 Å². The molecule has 0 saturated carbocycles. The van der Waals surface area contributed by atoms with Gasteiger partial charge in [-0.3, -0.25) is 4.79 Å². The molecule has 0 aliphatic carbocycles. The minimum atomic E-state index is -3.80. The highest BCUT2D eigenvalue weighted by Gasteiger charge is 2.26. The first-order chi connectivity index (χ1) is 11.6. The fourth-order valence-corrected chi connectivity index (χ4v) is 3.80. The summed E-state index contributed by atoms with van der Waals surface area (Å²) in [5, 5.41) is 2.77. The van der Waals surface area contributed by atoms with Crippen molar-refractivity contribution in [3.63, 3.8) is 0 Å². The zero-order chi connectivity index (χ0) is 18.7.